The Hall–Kier alpha value is -2.89. The molecule has 0 aliphatic heterocycles. The molecule has 0 aliphatic rings. The largest absolute Gasteiger partial charge is 0.497 e. The number of nitrogens with one attached hydrogen (secondary N) is 2. The summed E-state index contributed by atoms with van der Waals surface area (Å²) in [6.07, 6.45) is 0.870. The molecule has 0 aromatic heterocycles. The molecule has 0 spiro atoms. The molecule has 0 fully saturated rings. The van der Waals surface area contributed by atoms with Crippen LogP contribution in [-0.4, -0.2) is 18.9 Å². The quantitative estimate of drug-likeness (QED) is 0.852. The number of hydrogen-bond donors (Lipinski definition) is 2. The molecule has 0 aliphatic carbocycles. The van der Waals surface area contributed by atoms with Crippen molar-refractivity contribution in [1.82, 2.24) is 10.9 Å². The highest BCUT2D eigenvalue weighted by molar-refractivity contribution is 5.99. The molecule has 2 amide bonds. The number of hydrogen-bond acceptors (Lipinski definition) is 3. The lowest BCUT2D eigenvalue weighted by Crippen LogP contribution is -2.41. The molecule has 2 aromatic carbocycles. The first-order valence-electron chi connectivity index (χ1n) is 7.08. The zero-order chi connectivity index (χ0) is 16.8. The molecule has 2 rings (SSSR count). The molecule has 0 unspecified atom stereocenters. The van der Waals surface area contributed by atoms with Gasteiger partial charge in [0.1, 0.15) is 11.6 Å². The van der Waals surface area contributed by atoms with E-state index >= 15 is 0 Å². The van der Waals surface area contributed by atoms with Crippen molar-refractivity contribution in [3.05, 3.63) is 65.0 Å². The minimum absolute atomic E-state index is 0.188. The first-order valence-corrected chi connectivity index (χ1v) is 7.08. The van der Waals surface area contributed by atoms with Crippen molar-refractivity contribution >= 4 is 11.8 Å². The van der Waals surface area contributed by atoms with Gasteiger partial charge in [-0.05, 0) is 36.2 Å². The SMILES string of the molecule is CCc1ccc(C(=O)NNC(=O)c2ccc(OC)cc2F)cc1. The Labute approximate surface area is 133 Å². The van der Waals surface area contributed by atoms with Crippen LogP contribution < -0.4 is 15.6 Å². The second-order valence-electron chi connectivity index (χ2n) is 4.80. The number of ether oxygens (including phenoxy) is 1. The van der Waals surface area contributed by atoms with Crippen molar-refractivity contribution in [3.63, 3.8) is 0 Å². The Kier molecular flexibility index (Phi) is 5.30. The lowest BCUT2D eigenvalue weighted by Gasteiger charge is -2.09. The highest BCUT2D eigenvalue weighted by atomic mass is 19.1. The van der Waals surface area contributed by atoms with E-state index < -0.39 is 17.6 Å². The number of benzene rings is 2. The molecule has 0 bridgehead atoms. The summed E-state index contributed by atoms with van der Waals surface area (Å²) in [6.45, 7) is 2.01. The van der Waals surface area contributed by atoms with Crippen LogP contribution in [0.5, 0.6) is 5.75 Å². The monoisotopic (exact) mass is 316 g/mol. The van der Waals surface area contributed by atoms with Gasteiger partial charge in [0.15, 0.2) is 0 Å². The van der Waals surface area contributed by atoms with E-state index in [1.54, 1.807) is 12.1 Å². The number of carbonyl (C=O) groups is 2. The number of hydrazine groups is 1. The highest BCUT2D eigenvalue weighted by Gasteiger charge is 2.14. The summed E-state index contributed by atoms with van der Waals surface area (Å²) in [5.41, 5.74) is 5.75. The van der Waals surface area contributed by atoms with Gasteiger partial charge in [0, 0.05) is 11.6 Å². The van der Waals surface area contributed by atoms with Gasteiger partial charge in [-0.1, -0.05) is 19.1 Å². The van der Waals surface area contributed by atoms with Gasteiger partial charge >= 0.3 is 0 Å². The van der Waals surface area contributed by atoms with E-state index in [4.69, 9.17) is 4.74 Å². The summed E-state index contributed by atoms with van der Waals surface area (Å²) in [6, 6.07) is 10.8. The minimum Gasteiger partial charge on any atom is -0.497 e. The number of carbonyl (C=O) groups excluding carboxylic acids is 2. The van der Waals surface area contributed by atoms with E-state index in [0.29, 0.717) is 11.3 Å². The molecule has 2 aromatic rings. The second kappa shape index (κ2) is 7.40. The maximum Gasteiger partial charge on any atom is 0.272 e. The van der Waals surface area contributed by atoms with Gasteiger partial charge in [-0.2, -0.15) is 0 Å². The normalized spacial score (nSPS) is 10.0. The zero-order valence-corrected chi connectivity index (χ0v) is 12.9. The summed E-state index contributed by atoms with van der Waals surface area (Å²) in [4.78, 5) is 23.8. The molecule has 2 N–H and O–H groups in total. The molecule has 0 saturated carbocycles. The van der Waals surface area contributed by atoms with Gasteiger partial charge in [-0.3, -0.25) is 20.4 Å². The van der Waals surface area contributed by atoms with Gasteiger partial charge in [0.25, 0.3) is 11.8 Å². The molecular weight excluding hydrogens is 299 g/mol. The van der Waals surface area contributed by atoms with Crippen LogP contribution in [-0.2, 0) is 6.42 Å². The Morgan fingerprint density at radius 1 is 1.04 bits per heavy atom. The molecular formula is C17H17FN2O3. The van der Waals surface area contributed by atoms with Crippen molar-refractivity contribution in [2.45, 2.75) is 13.3 Å². The average molecular weight is 316 g/mol. The van der Waals surface area contributed by atoms with Crippen LogP contribution in [0.3, 0.4) is 0 Å². The van der Waals surface area contributed by atoms with Gasteiger partial charge in [-0.25, -0.2) is 4.39 Å². The summed E-state index contributed by atoms with van der Waals surface area (Å²) >= 11 is 0. The van der Waals surface area contributed by atoms with Crippen LogP contribution in [0.1, 0.15) is 33.2 Å². The van der Waals surface area contributed by atoms with Crippen LogP contribution in [0.2, 0.25) is 0 Å². The standard InChI is InChI=1S/C17H17FN2O3/c1-3-11-4-6-12(7-5-11)16(21)19-20-17(22)14-9-8-13(23-2)10-15(14)18/h4-10H,3H2,1-2H3,(H,19,21)(H,20,22). The van der Waals surface area contributed by atoms with Crippen LogP contribution in [0.25, 0.3) is 0 Å². The summed E-state index contributed by atoms with van der Waals surface area (Å²) in [5.74, 6) is -1.65. The van der Waals surface area contributed by atoms with Crippen molar-refractivity contribution in [2.75, 3.05) is 7.11 Å². The predicted molar refractivity (Wildman–Crippen MR) is 83.7 cm³/mol. The van der Waals surface area contributed by atoms with E-state index in [-0.39, 0.29) is 5.56 Å². The minimum atomic E-state index is -0.747. The zero-order valence-electron chi connectivity index (χ0n) is 12.9. The highest BCUT2D eigenvalue weighted by Crippen LogP contribution is 2.15. The maximum atomic E-state index is 13.8. The van der Waals surface area contributed by atoms with E-state index in [0.717, 1.165) is 18.1 Å². The smallest absolute Gasteiger partial charge is 0.272 e. The van der Waals surface area contributed by atoms with Crippen LogP contribution >= 0.6 is 0 Å². The van der Waals surface area contributed by atoms with Crippen molar-refractivity contribution in [2.24, 2.45) is 0 Å². The van der Waals surface area contributed by atoms with Crippen molar-refractivity contribution in [1.29, 1.82) is 0 Å². The molecule has 0 radical (unpaired) electrons. The second-order valence-corrected chi connectivity index (χ2v) is 4.80. The number of aryl methyl sites for hydroxylation is 1. The van der Waals surface area contributed by atoms with Gasteiger partial charge in [0.2, 0.25) is 0 Å². The third-order valence-electron chi connectivity index (χ3n) is 3.33. The molecule has 5 nitrogen and oxygen atoms in total. The third-order valence-corrected chi connectivity index (χ3v) is 3.33. The average Bonchev–Trinajstić information content (AvgIpc) is 2.59. The summed E-state index contributed by atoms with van der Waals surface area (Å²) in [7, 11) is 1.40. The molecule has 0 saturated heterocycles. The topological polar surface area (TPSA) is 67.4 Å². The number of halogens is 1. The van der Waals surface area contributed by atoms with Crippen molar-refractivity contribution in [3.8, 4) is 5.75 Å². The first-order chi connectivity index (χ1) is 11.0. The Bertz CT molecular complexity index is 714. The molecule has 6 heteroatoms. The van der Waals surface area contributed by atoms with Gasteiger partial charge in [0.05, 0.1) is 12.7 Å². The number of rotatable bonds is 4. The number of amides is 2. The van der Waals surface area contributed by atoms with Crippen LogP contribution in [0.4, 0.5) is 4.39 Å². The predicted octanol–water partition coefficient (Wildman–Crippen LogP) is 2.47. The Morgan fingerprint density at radius 3 is 2.26 bits per heavy atom. The van der Waals surface area contributed by atoms with Gasteiger partial charge in [-0.15, -0.1) is 0 Å². The van der Waals surface area contributed by atoms with E-state index in [9.17, 15) is 14.0 Å². The van der Waals surface area contributed by atoms with Crippen LogP contribution in [0.15, 0.2) is 42.5 Å². The van der Waals surface area contributed by atoms with E-state index in [1.165, 1.54) is 19.2 Å². The Morgan fingerprint density at radius 2 is 1.70 bits per heavy atom. The fourth-order valence-corrected chi connectivity index (χ4v) is 1.95. The fourth-order valence-electron chi connectivity index (χ4n) is 1.95. The van der Waals surface area contributed by atoms with Crippen LogP contribution in [0, 0.1) is 5.82 Å². The third kappa shape index (κ3) is 4.06. The lowest BCUT2D eigenvalue weighted by molar-refractivity contribution is 0.0844. The summed E-state index contributed by atoms with van der Waals surface area (Å²) < 4.78 is 18.6. The molecule has 23 heavy (non-hydrogen) atoms. The molecule has 120 valence electrons. The fraction of sp³-hybridized carbons (Fsp3) is 0.176. The first kappa shape index (κ1) is 16.5. The van der Waals surface area contributed by atoms with Gasteiger partial charge < -0.3 is 4.74 Å². The maximum absolute atomic E-state index is 13.8. The molecule has 0 heterocycles. The van der Waals surface area contributed by atoms with E-state index in [2.05, 4.69) is 10.9 Å². The lowest BCUT2D eigenvalue weighted by atomic mass is 10.1. The number of methoxy groups -OCH3 is 1. The van der Waals surface area contributed by atoms with Crippen molar-refractivity contribution < 1.29 is 18.7 Å². The van der Waals surface area contributed by atoms with E-state index in [1.807, 2.05) is 19.1 Å². The summed E-state index contributed by atoms with van der Waals surface area (Å²) in [5, 5.41) is 0. The Balaban J connectivity index is 1.99. The molecule has 0 atom stereocenters.